The average molecular weight is 273 g/mol. The van der Waals surface area contributed by atoms with Gasteiger partial charge >= 0.3 is 6.09 Å². The summed E-state index contributed by atoms with van der Waals surface area (Å²) in [4.78, 5) is 13.9. The van der Waals surface area contributed by atoms with Gasteiger partial charge in [0.25, 0.3) is 0 Å². The number of amides is 1. The summed E-state index contributed by atoms with van der Waals surface area (Å²) in [5, 5.41) is 9.93. The zero-order valence-electron chi connectivity index (χ0n) is 11.6. The maximum atomic E-state index is 12.2. The lowest BCUT2D eigenvalue weighted by Crippen LogP contribution is -2.35. The van der Waals surface area contributed by atoms with Gasteiger partial charge in [-0.25, -0.2) is 4.79 Å². The van der Waals surface area contributed by atoms with E-state index in [1.165, 1.54) is 12.8 Å². The molecule has 1 unspecified atom stereocenters. The van der Waals surface area contributed by atoms with Crippen LogP contribution in [0.4, 0.5) is 4.79 Å². The van der Waals surface area contributed by atoms with Crippen LogP contribution in [0.25, 0.3) is 5.76 Å². The van der Waals surface area contributed by atoms with E-state index < -0.39 is 6.10 Å². The molecule has 1 aromatic rings. The first-order valence-electron chi connectivity index (χ1n) is 7.10. The Kier molecular flexibility index (Phi) is 3.49. The van der Waals surface area contributed by atoms with Gasteiger partial charge in [0.05, 0.1) is 0 Å². The highest BCUT2D eigenvalue weighted by atomic mass is 16.6. The van der Waals surface area contributed by atoms with E-state index in [9.17, 15) is 9.90 Å². The number of aliphatic hydroxyl groups is 1. The normalized spacial score (nSPS) is 21.5. The quantitative estimate of drug-likeness (QED) is 0.900. The number of hydrogen-bond acceptors (Lipinski definition) is 3. The third kappa shape index (κ3) is 2.31. The smallest absolute Gasteiger partial charge is 0.410 e. The summed E-state index contributed by atoms with van der Waals surface area (Å²) < 4.78 is 5.47. The minimum Gasteiger partial charge on any atom is -0.410 e. The molecule has 2 aliphatic rings. The third-order valence-electron chi connectivity index (χ3n) is 4.21. The van der Waals surface area contributed by atoms with Gasteiger partial charge in [0.1, 0.15) is 11.9 Å². The van der Waals surface area contributed by atoms with E-state index in [0.29, 0.717) is 5.76 Å². The van der Waals surface area contributed by atoms with Crippen molar-refractivity contribution >= 4 is 11.9 Å². The van der Waals surface area contributed by atoms with Crippen LogP contribution in [0, 0.1) is 0 Å². The van der Waals surface area contributed by atoms with E-state index in [2.05, 4.69) is 0 Å². The highest BCUT2D eigenvalue weighted by Crippen LogP contribution is 2.35. The fourth-order valence-electron chi connectivity index (χ4n) is 3.00. The molecule has 0 aromatic heterocycles. The SMILES string of the molecule is CN(C(=O)OC1=CC(O)c2ccccc21)C1CCCC1. The summed E-state index contributed by atoms with van der Waals surface area (Å²) in [6.45, 7) is 0. The predicted octanol–water partition coefficient (Wildman–Crippen LogP) is 3.09. The minimum atomic E-state index is -0.689. The van der Waals surface area contributed by atoms with Gasteiger partial charge in [-0.3, -0.25) is 0 Å². The number of benzene rings is 1. The molecule has 0 saturated heterocycles. The molecule has 1 aromatic carbocycles. The van der Waals surface area contributed by atoms with Crippen LogP contribution in [0.1, 0.15) is 42.9 Å². The molecular weight excluding hydrogens is 254 g/mol. The van der Waals surface area contributed by atoms with Crippen molar-refractivity contribution in [1.82, 2.24) is 4.90 Å². The maximum Gasteiger partial charge on any atom is 0.415 e. The van der Waals surface area contributed by atoms with E-state index in [-0.39, 0.29) is 12.1 Å². The molecule has 0 heterocycles. The summed E-state index contributed by atoms with van der Waals surface area (Å²) in [7, 11) is 1.79. The second-order valence-electron chi connectivity index (χ2n) is 5.48. The lowest BCUT2D eigenvalue weighted by Gasteiger charge is -2.23. The summed E-state index contributed by atoms with van der Waals surface area (Å²) in [6.07, 6.45) is 5.00. The standard InChI is InChI=1S/C16H19NO3/c1-17(11-6-2-3-7-11)16(19)20-15-10-14(18)12-8-4-5-9-13(12)15/h4-5,8-11,14,18H,2-3,6-7H2,1H3. The maximum absolute atomic E-state index is 12.2. The van der Waals surface area contributed by atoms with E-state index in [0.717, 1.165) is 24.0 Å². The number of fused-ring (bicyclic) bond motifs is 1. The summed E-state index contributed by atoms with van der Waals surface area (Å²) >= 11 is 0. The van der Waals surface area contributed by atoms with Crippen molar-refractivity contribution in [2.24, 2.45) is 0 Å². The second kappa shape index (κ2) is 5.29. The molecule has 106 valence electrons. The summed E-state index contributed by atoms with van der Waals surface area (Å²) in [5.41, 5.74) is 1.59. The molecule has 1 amide bonds. The molecule has 3 rings (SSSR count). The van der Waals surface area contributed by atoms with Crippen LogP contribution in [-0.2, 0) is 4.74 Å². The van der Waals surface area contributed by atoms with Crippen molar-refractivity contribution < 1.29 is 14.6 Å². The zero-order valence-corrected chi connectivity index (χ0v) is 11.6. The van der Waals surface area contributed by atoms with E-state index >= 15 is 0 Å². The van der Waals surface area contributed by atoms with Crippen molar-refractivity contribution in [3.8, 4) is 0 Å². The Balaban J connectivity index is 1.72. The van der Waals surface area contributed by atoms with Crippen molar-refractivity contribution in [3.63, 3.8) is 0 Å². The number of rotatable bonds is 2. The van der Waals surface area contributed by atoms with Gasteiger partial charge < -0.3 is 14.7 Å². The first-order valence-corrected chi connectivity index (χ1v) is 7.10. The third-order valence-corrected chi connectivity index (χ3v) is 4.21. The van der Waals surface area contributed by atoms with Gasteiger partial charge in [0.15, 0.2) is 0 Å². The lowest BCUT2D eigenvalue weighted by molar-refractivity contribution is 0.137. The Morgan fingerprint density at radius 3 is 2.75 bits per heavy atom. The number of carbonyl (C=O) groups is 1. The Hall–Kier alpha value is -1.81. The molecule has 2 aliphatic carbocycles. The highest BCUT2D eigenvalue weighted by molar-refractivity contribution is 5.80. The van der Waals surface area contributed by atoms with E-state index in [4.69, 9.17) is 4.74 Å². The Labute approximate surface area is 118 Å². The molecule has 20 heavy (non-hydrogen) atoms. The van der Waals surface area contributed by atoms with Crippen molar-refractivity contribution in [3.05, 3.63) is 41.5 Å². The summed E-state index contributed by atoms with van der Waals surface area (Å²) in [5.74, 6) is 0.461. The molecule has 4 heteroatoms. The van der Waals surface area contributed by atoms with Crippen LogP contribution in [0.2, 0.25) is 0 Å². The Morgan fingerprint density at radius 2 is 2.00 bits per heavy atom. The first kappa shape index (κ1) is 13.2. The predicted molar refractivity (Wildman–Crippen MR) is 75.9 cm³/mol. The molecule has 0 aliphatic heterocycles. The van der Waals surface area contributed by atoms with Gasteiger partial charge in [0, 0.05) is 18.7 Å². The molecular formula is C16H19NO3. The van der Waals surface area contributed by atoms with Crippen LogP contribution >= 0.6 is 0 Å². The molecule has 0 bridgehead atoms. The Morgan fingerprint density at radius 1 is 1.30 bits per heavy atom. The monoisotopic (exact) mass is 273 g/mol. The van der Waals surface area contributed by atoms with Crippen LogP contribution in [0.5, 0.6) is 0 Å². The molecule has 0 radical (unpaired) electrons. The number of ether oxygens (including phenoxy) is 1. The molecule has 1 atom stereocenters. The zero-order chi connectivity index (χ0) is 14.1. The highest BCUT2D eigenvalue weighted by Gasteiger charge is 2.28. The van der Waals surface area contributed by atoms with Gasteiger partial charge in [-0.05, 0) is 24.5 Å². The van der Waals surface area contributed by atoms with Crippen LogP contribution in [-0.4, -0.2) is 29.2 Å². The largest absolute Gasteiger partial charge is 0.415 e. The molecule has 4 nitrogen and oxygen atoms in total. The Bertz CT molecular complexity index is 546. The van der Waals surface area contributed by atoms with Gasteiger partial charge in [-0.2, -0.15) is 0 Å². The van der Waals surface area contributed by atoms with Gasteiger partial charge in [-0.1, -0.05) is 37.1 Å². The lowest BCUT2D eigenvalue weighted by atomic mass is 10.1. The number of aliphatic hydroxyl groups excluding tert-OH is 1. The summed E-state index contributed by atoms with van der Waals surface area (Å²) in [6, 6.07) is 7.73. The average Bonchev–Trinajstić information content (AvgIpc) is 3.08. The molecule has 1 N–H and O–H groups in total. The van der Waals surface area contributed by atoms with E-state index in [1.54, 1.807) is 18.0 Å². The van der Waals surface area contributed by atoms with E-state index in [1.807, 2.05) is 24.3 Å². The van der Waals surface area contributed by atoms with Crippen molar-refractivity contribution in [2.75, 3.05) is 7.05 Å². The number of hydrogen-bond donors (Lipinski definition) is 1. The molecule has 1 saturated carbocycles. The van der Waals surface area contributed by atoms with Crippen molar-refractivity contribution in [1.29, 1.82) is 0 Å². The van der Waals surface area contributed by atoms with Crippen molar-refractivity contribution in [2.45, 2.75) is 37.8 Å². The van der Waals surface area contributed by atoms with Gasteiger partial charge in [-0.15, -0.1) is 0 Å². The molecule has 0 spiro atoms. The molecule has 1 fully saturated rings. The fraction of sp³-hybridized carbons (Fsp3) is 0.438. The number of nitrogens with zero attached hydrogens (tertiary/aromatic N) is 1. The van der Waals surface area contributed by atoms with Crippen LogP contribution in [0.3, 0.4) is 0 Å². The first-order chi connectivity index (χ1) is 9.66. The second-order valence-corrected chi connectivity index (χ2v) is 5.48. The van der Waals surface area contributed by atoms with Crippen LogP contribution < -0.4 is 0 Å². The van der Waals surface area contributed by atoms with Gasteiger partial charge in [0.2, 0.25) is 0 Å². The topological polar surface area (TPSA) is 49.8 Å². The fourth-order valence-corrected chi connectivity index (χ4v) is 3.00. The number of carbonyl (C=O) groups excluding carboxylic acids is 1. The minimum absolute atomic E-state index is 0.282. The van der Waals surface area contributed by atoms with Crippen LogP contribution in [0.15, 0.2) is 30.3 Å².